The van der Waals surface area contributed by atoms with Gasteiger partial charge in [-0.3, -0.25) is 0 Å². The van der Waals surface area contributed by atoms with Crippen LogP contribution in [0.5, 0.6) is 0 Å². The Labute approximate surface area is 123 Å². The SMILES string of the molecule is COCCNCc1cc(F)c(SCCN(C)C)c(F)c1. The molecule has 1 N–H and O–H groups in total. The number of nitrogens with zero attached hydrogens (tertiary/aromatic N) is 1. The van der Waals surface area contributed by atoms with Gasteiger partial charge in [-0.05, 0) is 31.8 Å². The summed E-state index contributed by atoms with van der Waals surface area (Å²) in [5, 5.41) is 3.06. The normalized spacial score (nSPS) is 11.3. The Hall–Kier alpha value is -0.690. The summed E-state index contributed by atoms with van der Waals surface area (Å²) < 4.78 is 32.7. The first-order chi connectivity index (χ1) is 9.54. The third-order valence-corrected chi connectivity index (χ3v) is 3.72. The average molecular weight is 304 g/mol. The molecule has 6 heteroatoms. The van der Waals surface area contributed by atoms with E-state index in [0.29, 0.717) is 31.0 Å². The van der Waals surface area contributed by atoms with E-state index in [-0.39, 0.29) is 4.90 Å². The Morgan fingerprint density at radius 1 is 1.25 bits per heavy atom. The van der Waals surface area contributed by atoms with Gasteiger partial charge in [0.2, 0.25) is 0 Å². The summed E-state index contributed by atoms with van der Waals surface area (Å²) in [5.41, 5.74) is 0.605. The second-order valence-corrected chi connectivity index (χ2v) is 5.82. The predicted octanol–water partition coefficient (Wildman–Crippen LogP) is 2.35. The van der Waals surface area contributed by atoms with Gasteiger partial charge in [0.15, 0.2) is 0 Å². The lowest BCUT2D eigenvalue weighted by Crippen LogP contribution is -2.18. The van der Waals surface area contributed by atoms with Crippen molar-refractivity contribution in [2.75, 3.05) is 46.7 Å². The van der Waals surface area contributed by atoms with Crippen LogP contribution in [-0.2, 0) is 11.3 Å². The summed E-state index contributed by atoms with van der Waals surface area (Å²) >= 11 is 1.21. The molecule has 0 atom stereocenters. The van der Waals surface area contributed by atoms with Gasteiger partial charge >= 0.3 is 0 Å². The van der Waals surface area contributed by atoms with Crippen LogP contribution in [0.25, 0.3) is 0 Å². The van der Waals surface area contributed by atoms with Crippen molar-refractivity contribution >= 4 is 11.8 Å². The van der Waals surface area contributed by atoms with E-state index in [1.165, 1.54) is 23.9 Å². The van der Waals surface area contributed by atoms with E-state index in [1.54, 1.807) is 7.11 Å². The largest absolute Gasteiger partial charge is 0.383 e. The van der Waals surface area contributed by atoms with Crippen molar-refractivity contribution in [3.8, 4) is 0 Å². The van der Waals surface area contributed by atoms with Gasteiger partial charge in [-0.15, -0.1) is 11.8 Å². The van der Waals surface area contributed by atoms with E-state index < -0.39 is 11.6 Å². The average Bonchev–Trinajstić information content (AvgIpc) is 2.37. The molecule has 0 fully saturated rings. The van der Waals surface area contributed by atoms with Gasteiger partial charge in [-0.1, -0.05) is 0 Å². The molecule has 20 heavy (non-hydrogen) atoms. The van der Waals surface area contributed by atoms with Crippen molar-refractivity contribution in [2.45, 2.75) is 11.4 Å². The van der Waals surface area contributed by atoms with Gasteiger partial charge in [0.05, 0.1) is 11.5 Å². The maximum atomic E-state index is 13.9. The number of hydrogen-bond donors (Lipinski definition) is 1. The van der Waals surface area contributed by atoms with Crippen LogP contribution in [0, 0.1) is 11.6 Å². The van der Waals surface area contributed by atoms with E-state index in [2.05, 4.69) is 5.32 Å². The fourth-order valence-corrected chi connectivity index (χ4v) is 2.64. The Balaban J connectivity index is 2.57. The number of rotatable bonds is 9. The quantitative estimate of drug-likeness (QED) is 0.559. The zero-order valence-corrected chi connectivity index (χ0v) is 13.0. The maximum Gasteiger partial charge on any atom is 0.140 e. The van der Waals surface area contributed by atoms with Crippen molar-refractivity contribution < 1.29 is 13.5 Å². The van der Waals surface area contributed by atoms with Crippen molar-refractivity contribution in [1.82, 2.24) is 10.2 Å². The Morgan fingerprint density at radius 2 is 1.90 bits per heavy atom. The van der Waals surface area contributed by atoms with E-state index in [1.807, 2.05) is 19.0 Å². The molecular formula is C14H22F2N2OS. The molecule has 0 aromatic heterocycles. The first-order valence-corrected chi connectivity index (χ1v) is 7.48. The number of ether oxygens (including phenoxy) is 1. The summed E-state index contributed by atoms with van der Waals surface area (Å²) in [6.45, 7) is 2.44. The van der Waals surface area contributed by atoms with Crippen LogP contribution in [-0.4, -0.2) is 51.6 Å². The number of nitrogens with one attached hydrogen (secondary N) is 1. The molecule has 114 valence electrons. The third kappa shape index (κ3) is 6.17. The van der Waals surface area contributed by atoms with Crippen molar-refractivity contribution in [1.29, 1.82) is 0 Å². The van der Waals surface area contributed by atoms with Crippen LogP contribution >= 0.6 is 11.8 Å². The Morgan fingerprint density at radius 3 is 2.45 bits per heavy atom. The van der Waals surface area contributed by atoms with E-state index in [9.17, 15) is 8.78 Å². The highest BCUT2D eigenvalue weighted by Gasteiger charge is 2.11. The highest BCUT2D eigenvalue weighted by Crippen LogP contribution is 2.26. The lowest BCUT2D eigenvalue weighted by Gasteiger charge is -2.11. The molecule has 1 aromatic rings. The molecule has 0 heterocycles. The van der Waals surface area contributed by atoms with Crippen molar-refractivity contribution in [3.05, 3.63) is 29.3 Å². The summed E-state index contributed by atoms with van der Waals surface area (Å²) in [6, 6.07) is 2.78. The topological polar surface area (TPSA) is 24.5 Å². The molecule has 0 saturated carbocycles. The van der Waals surface area contributed by atoms with Crippen LogP contribution in [0.15, 0.2) is 17.0 Å². The highest BCUT2D eigenvalue weighted by molar-refractivity contribution is 7.99. The third-order valence-electron chi connectivity index (χ3n) is 2.66. The molecule has 1 aromatic carbocycles. The molecule has 0 bridgehead atoms. The van der Waals surface area contributed by atoms with Gasteiger partial charge in [0, 0.05) is 32.5 Å². The van der Waals surface area contributed by atoms with Crippen LogP contribution in [0.3, 0.4) is 0 Å². The zero-order chi connectivity index (χ0) is 15.0. The minimum absolute atomic E-state index is 0.104. The predicted molar refractivity (Wildman–Crippen MR) is 79.2 cm³/mol. The second kappa shape index (κ2) is 9.28. The molecule has 0 unspecified atom stereocenters. The standard InChI is InChI=1S/C14H22F2N2OS/c1-18(2)5-7-20-14-12(15)8-11(9-13(14)16)10-17-4-6-19-3/h8-9,17H,4-7,10H2,1-3H3. The van der Waals surface area contributed by atoms with Gasteiger partial charge < -0.3 is 15.0 Å². The van der Waals surface area contributed by atoms with E-state index >= 15 is 0 Å². The van der Waals surface area contributed by atoms with Crippen LogP contribution < -0.4 is 5.32 Å². The minimum atomic E-state index is -0.489. The molecule has 0 aliphatic rings. The molecule has 0 aliphatic carbocycles. The Bertz CT molecular complexity index is 393. The number of thioether (sulfide) groups is 1. The van der Waals surface area contributed by atoms with Crippen LogP contribution in [0.1, 0.15) is 5.56 Å². The maximum absolute atomic E-state index is 13.9. The second-order valence-electron chi connectivity index (χ2n) is 4.71. The van der Waals surface area contributed by atoms with Crippen molar-refractivity contribution in [2.24, 2.45) is 0 Å². The molecule has 3 nitrogen and oxygen atoms in total. The fourth-order valence-electron chi connectivity index (χ4n) is 1.59. The first kappa shape index (κ1) is 17.4. The summed E-state index contributed by atoms with van der Waals surface area (Å²) in [4.78, 5) is 2.09. The van der Waals surface area contributed by atoms with Gasteiger partial charge in [-0.2, -0.15) is 0 Å². The van der Waals surface area contributed by atoms with Crippen molar-refractivity contribution in [3.63, 3.8) is 0 Å². The fraction of sp³-hybridized carbons (Fsp3) is 0.571. The minimum Gasteiger partial charge on any atom is -0.383 e. The van der Waals surface area contributed by atoms with Crippen LogP contribution in [0.2, 0.25) is 0 Å². The summed E-state index contributed by atoms with van der Waals surface area (Å²) in [6.07, 6.45) is 0. The molecule has 0 amide bonds. The lowest BCUT2D eigenvalue weighted by atomic mass is 10.2. The summed E-state index contributed by atoms with van der Waals surface area (Å²) in [7, 11) is 5.48. The number of hydrogen-bond acceptors (Lipinski definition) is 4. The van der Waals surface area contributed by atoms with Gasteiger partial charge in [-0.25, -0.2) is 8.78 Å². The highest BCUT2D eigenvalue weighted by atomic mass is 32.2. The molecule has 0 saturated heterocycles. The molecule has 1 rings (SSSR count). The lowest BCUT2D eigenvalue weighted by molar-refractivity contribution is 0.199. The monoisotopic (exact) mass is 304 g/mol. The van der Waals surface area contributed by atoms with E-state index in [4.69, 9.17) is 4.74 Å². The van der Waals surface area contributed by atoms with Gasteiger partial charge in [0.25, 0.3) is 0 Å². The molecule has 0 spiro atoms. The number of benzene rings is 1. The van der Waals surface area contributed by atoms with E-state index in [0.717, 1.165) is 6.54 Å². The number of methoxy groups -OCH3 is 1. The first-order valence-electron chi connectivity index (χ1n) is 6.49. The number of halogens is 2. The van der Waals surface area contributed by atoms with Gasteiger partial charge in [0.1, 0.15) is 11.6 Å². The van der Waals surface area contributed by atoms with Crippen LogP contribution in [0.4, 0.5) is 8.78 Å². The Kier molecular flexibility index (Phi) is 8.06. The molecule has 0 radical (unpaired) electrons. The summed E-state index contributed by atoms with van der Waals surface area (Å²) in [5.74, 6) is -0.318. The smallest absolute Gasteiger partial charge is 0.140 e. The molecule has 0 aliphatic heterocycles. The molecular weight excluding hydrogens is 282 g/mol. The zero-order valence-electron chi connectivity index (χ0n) is 12.2.